The molecule has 2 N–H and O–H groups in total. The molecule has 2 aromatic heterocycles. The number of amides is 2. The van der Waals surface area contributed by atoms with Gasteiger partial charge in [-0.25, -0.2) is 0 Å². The van der Waals surface area contributed by atoms with Gasteiger partial charge in [-0.1, -0.05) is 0 Å². The zero-order chi connectivity index (χ0) is 18.6. The number of thiophene rings is 1. The third kappa shape index (κ3) is 4.14. The number of hydrogen-bond acceptors (Lipinski definition) is 5. The lowest BCUT2D eigenvalue weighted by atomic mass is 10.1. The molecule has 0 bridgehead atoms. The van der Waals surface area contributed by atoms with Crippen LogP contribution in [0.5, 0.6) is 0 Å². The maximum Gasteiger partial charge on any atom is 0.254 e. The predicted octanol–water partition coefficient (Wildman–Crippen LogP) is 3.39. The largest absolute Gasteiger partial charge is 0.465 e. The lowest BCUT2D eigenvalue weighted by Crippen LogP contribution is -2.32. The first-order valence-electron chi connectivity index (χ1n) is 9.27. The van der Waals surface area contributed by atoms with Crippen LogP contribution in [-0.4, -0.2) is 31.1 Å². The zero-order valence-corrected chi connectivity index (χ0v) is 15.8. The Balaban J connectivity index is 1.47. The van der Waals surface area contributed by atoms with E-state index in [2.05, 4.69) is 10.6 Å². The van der Waals surface area contributed by atoms with Gasteiger partial charge >= 0.3 is 0 Å². The Labute approximate surface area is 161 Å². The molecule has 7 heteroatoms. The summed E-state index contributed by atoms with van der Waals surface area (Å²) in [7, 11) is 0. The van der Waals surface area contributed by atoms with E-state index in [1.165, 1.54) is 22.3 Å². The van der Waals surface area contributed by atoms with E-state index >= 15 is 0 Å². The number of rotatable bonds is 6. The van der Waals surface area contributed by atoms with Crippen LogP contribution in [-0.2, 0) is 22.4 Å². The van der Waals surface area contributed by atoms with Crippen molar-refractivity contribution in [3.63, 3.8) is 0 Å². The predicted molar refractivity (Wildman–Crippen MR) is 104 cm³/mol. The number of nitrogens with one attached hydrogen (secondary N) is 2. The molecular weight excluding hydrogens is 364 g/mol. The number of carbonyl (C=O) groups is 2. The van der Waals surface area contributed by atoms with Crippen LogP contribution in [0, 0.1) is 0 Å². The Morgan fingerprint density at radius 2 is 2.22 bits per heavy atom. The number of ether oxygens (including phenoxy) is 1. The number of carbonyl (C=O) groups excluding carboxylic acids is 2. The van der Waals surface area contributed by atoms with E-state index in [-0.39, 0.29) is 17.9 Å². The van der Waals surface area contributed by atoms with Gasteiger partial charge in [-0.15, -0.1) is 11.3 Å². The number of hydrogen-bond donors (Lipinski definition) is 2. The van der Waals surface area contributed by atoms with E-state index in [1.807, 2.05) is 0 Å². The highest BCUT2D eigenvalue weighted by Crippen LogP contribution is 2.39. The van der Waals surface area contributed by atoms with Gasteiger partial charge in [0.05, 0.1) is 17.9 Å². The van der Waals surface area contributed by atoms with Crippen LogP contribution < -0.4 is 10.6 Å². The van der Waals surface area contributed by atoms with E-state index in [9.17, 15) is 9.59 Å². The molecule has 1 atom stereocenters. The molecule has 1 aliphatic carbocycles. The Kier molecular flexibility index (Phi) is 5.40. The van der Waals surface area contributed by atoms with Crippen molar-refractivity contribution in [3.8, 4) is 0 Å². The maximum absolute atomic E-state index is 12.8. The average molecular weight is 386 g/mol. The standard InChI is InChI=1S/C20H22N2O4S/c23-17(9-8-13-4-2-10-25-13)22-20-18(15-6-1-7-16(15)27-20)19(24)21-12-14-5-3-11-26-14/h2,4,8-10,14H,1,3,5-7,11-12H2,(H,21,24)(H,22,23)/b9-8+/t14-/m0/s1. The molecule has 2 aromatic rings. The van der Waals surface area contributed by atoms with Gasteiger partial charge in [-0.2, -0.15) is 0 Å². The fourth-order valence-corrected chi connectivity index (χ4v) is 4.82. The molecule has 3 heterocycles. The normalized spacial score (nSPS) is 18.7. The molecule has 1 aliphatic heterocycles. The van der Waals surface area contributed by atoms with Crippen molar-refractivity contribution in [2.24, 2.45) is 0 Å². The molecule has 142 valence electrons. The summed E-state index contributed by atoms with van der Waals surface area (Å²) in [4.78, 5) is 26.3. The summed E-state index contributed by atoms with van der Waals surface area (Å²) in [6.07, 6.45) is 9.58. The Morgan fingerprint density at radius 3 is 3.00 bits per heavy atom. The van der Waals surface area contributed by atoms with Crippen molar-refractivity contribution < 1.29 is 18.7 Å². The van der Waals surface area contributed by atoms with Crippen molar-refractivity contribution >= 4 is 34.2 Å². The molecule has 6 nitrogen and oxygen atoms in total. The molecule has 1 fully saturated rings. The van der Waals surface area contributed by atoms with E-state index in [4.69, 9.17) is 9.15 Å². The quantitative estimate of drug-likeness (QED) is 0.746. The Hall–Kier alpha value is -2.38. The molecule has 2 amide bonds. The van der Waals surface area contributed by atoms with Gasteiger partial charge in [0, 0.05) is 24.1 Å². The molecule has 0 aromatic carbocycles. The number of furan rings is 1. The molecule has 4 rings (SSSR count). The van der Waals surface area contributed by atoms with Gasteiger partial charge in [-0.05, 0) is 55.9 Å². The van der Waals surface area contributed by atoms with E-state index in [1.54, 1.807) is 24.5 Å². The van der Waals surface area contributed by atoms with Crippen LogP contribution in [0.1, 0.15) is 45.8 Å². The minimum absolute atomic E-state index is 0.0925. The van der Waals surface area contributed by atoms with Crippen LogP contribution in [0.2, 0.25) is 0 Å². The first-order valence-corrected chi connectivity index (χ1v) is 10.1. The highest BCUT2D eigenvalue weighted by molar-refractivity contribution is 7.17. The summed E-state index contributed by atoms with van der Waals surface area (Å²) in [5.41, 5.74) is 1.69. The maximum atomic E-state index is 12.8. The van der Waals surface area contributed by atoms with Gasteiger partial charge in [-0.3, -0.25) is 9.59 Å². The van der Waals surface area contributed by atoms with Gasteiger partial charge < -0.3 is 19.8 Å². The molecule has 0 unspecified atom stereocenters. The summed E-state index contributed by atoms with van der Waals surface area (Å²) in [5, 5.41) is 6.48. The summed E-state index contributed by atoms with van der Waals surface area (Å²) in [6.45, 7) is 1.27. The zero-order valence-electron chi connectivity index (χ0n) is 15.0. The van der Waals surface area contributed by atoms with Crippen LogP contribution in [0.25, 0.3) is 6.08 Å². The number of aryl methyl sites for hydroxylation is 1. The average Bonchev–Trinajstić information content (AvgIpc) is 3.43. The SMILES string of the molecule is O=C(/C=C/c1ccco1)Nc1sc2c(c1C(=O)NC[C@@H]1CCCO1)CCC2. The van der Waals surface area contributed by atoms with Crippen LogP contribution in [0.15, 0.2) is 28.9 Å². The Morgan fingerprint density at radius 1 is 1.30 bits per heavy atom. The van der Waals surface area contributed by atoms with Crippen LogP contribution >= 0.6 is 11.3 Å². The van der Waals surface area contributed by atoms with Gasteiger partial charge in [0.25, 0.3) is 5.91 Å². The van der Waals surface area contributed by atoms with Crippen LogP contribution in [0.3, 0.4) is 0 Å². The third-order valence-electron chi connectivity index (χ3n) is 4.84. The first kappa shape index (κ1) is 18.0. The van der Waals surface area contributed by atoms with Crippen LogP contribution in [0.4, 0.5) is 5.00 Å². The summed E-state index contributed by atoms with van der Waals surface area (Å²) < 4.78 is 10.8. The minimum atomic E-state index is -0.278. The van der Waals surface area contributed by atoms with Gasteiger partial charge in [0.2, 0.25) is 5.91 Å². The molecule has 0 saturated carbocycles. The van der Waals surface area contributed by atoms with Crippen molar-refractivity contribution in [1.82, 2.24) is 5.32 Å². The number of fused-ring (bicyclic) bond motifs is 1. The molecular formula is C20H22N2O4S. The lowest BCUT2D eigenvalue weighted by Gasteiger charge is -2.12. The second-order valence-electron chi connectivity index (χ2n) is 6.74. The van der Waals surface area contributed by atoms with Crippen molar-refractivity contribution in [3.05, 3.63) is 46.2 Å². The second-order valence-corrected chi connectivity index (χ2v) is 7.85. The topological polar surface area (TPSA) is 80.6 Å². The van der Waals surface area contributed by atoms with E-state index in [0.29, 0.717) is 22.9 Å². The lowest BCUT2D eigenvalue weighted by molar-refractivity contribution is -0.111. The fourth-order valence-electron chi connectivity index (χ4n) is 3.53. The molecule has 1 saturated heterocycles. The summed E-state index contributed by atoms with van der Waals surface area (Å²) in [6, 6.07) is 3.53. The van der Waals surface area contributed by atoms with Gasteiger partial charge in [0.15, 0.2) is 0 Å². The second kappa shape index (κ2) is 8.10. The van der Waals surface area contributed by atoms with E-state index < -0.39 is 0 Å². The molecule has 0 radical (unpaired) electrons. The molecule has 0 spiro atoms. The summed E-state index contributed by atoms with van der Waals surface area (Å²) in [5.74, 6) is 0.197. The molecule has 27 heavy (non-hydrogen) atoms. The minimum Gasteiger partial charge on any atom is -0.465 e. The van der Waals surface area contributed by atoms with Crippen molar-refractivity contribution in [2.75, 3.05) is 18.5 Å². The molecule has 2 aliphatic rings. The fraction of sp³-hybridized carbons (Fsp3) is 0.400. The number of anilines is 1. The highest BCUT2D eigenvalue weighted by atomic mass is 32.1. The Bertz CT molecular complexity index is 848. The van der Waals surface area contributed by atoms with E-state index in [0.717, 1.165) is 44.3 Å². The first-order chi connectivity index (χ1) is 13.2. The third-order valence-corrected chi connectivity index (χ3v) is 6.05. The van der Waals surface area contributed by atoms with Gasteiger partial charge in [0.1, 0.15) is 10.8 Å². The summed E-state index contributed by atoms with van der Waals surface area (Å²) >= 11 is 1.51. The monoisotopic (exact) mass is 386 g/mol. The van der Waals surface area contributed by atoms with Crippen molar-refractivity contribution in [2.45, 2.75) is 38.2 Å². The highest BCUT2D eigenvalue weighted by Gasteiger charge is 2.28. The smallest absolute Gasteiger partial charge is 0.254 e. The van der Waals surface area contributed by atoms with Crippen molar-refractivity contribution in [1.29, 1.82) is 0 Å².